The normalized spacial score (nSPS) is 11.1. The van der Waals surface area contributed by atoms with Gasteiger partial charge in [0.05, 0.1) is 11.2 Å². The van der Waals surface area contributed by atoms with Crippen LogP contribution in [-0.4, -0.2) is 16.5 Å². The minimum absolute atomic E-state index is 0.568. The third kappa shape index (κ3) is 4.25. The lowest BCUT2D eigenvalue weighted by atomic mass is 10.2. The largest absolute Gasteiger partial charge is 0.390 e. The van der Waals surface area contributed by atoms with Crippen LogP contribution in [0, 0.1) is 11.3 Å². The molecular weight excluding hydrogens is 274 g/mol. The summed E-state index contributed by atoms with van der Waals surface area (Å²) < 4.78 is 0.944. The Labute approximate surface area is 102 Å². The van der Waals surface area contributed by atoms with E-state index in [4.69, 9.17) is 5.26 Å². The standard InChI is InChI=1S/C11H12BrNOS/c1-11(2,14)7-15-10-5-9(12)4-3-8(10)6-13/h3-5,14H,7H2,1-2H3. The van der Waals surface area contributed by atoms with Crippen LogP contribution in [-0.2, 0) is 0 Å². The summed E-state index contributed by atoms with van der Waals surface area (Å²) in [6.07, 6.45) is 0. The second kappa shape index (κ2) is 5.02. The van der Waals surface area contributed by atoms with E-state index in [1.165, 1.54) is 11.8 Å². The number of hydrogen-bond donors (Lipinski definition) is 1. The van der Waals surface area contributed by atoms with Crippen molar-refractivity contribution in [2.24, 2.45) is 0 Å². The van der Waals surface area contributed by atoms with Crippen LogP contribution in [0.1, 0.15) is 19.4 Å². The highest BCUT2D eigenvalue weighted by Crippen LogP contribution is 2.28. The molecule has 1 aromatic rings. The van der Waals surface area contributed by atoms with E-state index < -0.39 is 5.60 Å². The Hall–Kier alpha value is -0.500. The summed E-state index contributed by atoms with van der Waals surface area (Å²) in [5.41, 5.74) is -0.0767. The Balaban J connectivity index is 2.85. The predicted molar refractivity (Wildman–Crippen MR) is 65.9 cm³/mol. The highest BCUT2D eigenvalue weighted by molar-refractivity contribution is 9.10. The smallest absolute Gasteiger partial charge is 0.100 e. The van der Waals surface area contributed by atoms with Gasteiger partial charge in [-0.3, -0.25) is 0 Å². The van der Waals surface area contributed by atoms with Gasteiger partial charge in [-0.25, -0.2) is 0 Å². The molecule has 0 amide bonds. The van der Waals surface area contributed by atoms with Gasteiger partial charge in [-0.15, -0.1) is 11.8 Å². The number of nitrogens with zero attached hydrogens (tertiary/aromatic N) is 1. The Bertz CT molecular complexity index is 393. The van der Waals surface area contributed by atoms with Gasteiger partial charge < -0.3 is 5.11 Å². The van der Waals surface area contributed by atoms with Crippen molar-refractivity contribution < 1.29 is 5.11 Å². The van der Waals surface area contributed by atoms with E-state index in [2.05, 4.69) is 22.0 Å². The van der Waals surface area contributed by atoms with Crippen molar-refractivity contribution >= 4 is 27.7 Å². The Morgan fingerprint density at radius 2 is 2.20 bits per heavy atom. The van der Waals surface area contributed by atoms with Crippen molar-refractivity contribution in [3.05, 3.63) is 28.2 Å². The fraction of sp³-hybridized carbons (Fsp3) is 0.364. The van der Waals surface area contributed by atoms with E-state index in [0.29, 0.717) is 11.3 Å². The molecule has 0 saturated heterocycles. The molecule has 15 heavy (non-hydrogen) atoms. The van der Waals surface area contributed by atoms with Crippen molar-refractivity contribution in [1.29, 1.82) is 5.26 Å². The number of benzene rings is 1. The van der Waals surface area contributed by atoms with E-state index in [1.54, 1.807) is 19.9 Å². The van der Waals surface area contributed by atoms with E-state index >= 15 is 0 Å². The van der Waals surface area contributed by atoms with Crippen LogP contribution in [0.15, 0.2) is 27.6 Å². The zero-order valence-electron chi connectivity index (χ0n) is 8.62. The van der Waals surface area contributed by atoms with Crippen LogP contribution in [0.2, 0.25) is 0 Å². The molecule has 1 aromatic carbocycles. The lowest BCUT2D eigenvalue weighted by Gasteiger charge is -2.16. The second-order valence-corrected chi connectivity index (χ2v) is 5.79. The summed E-state index contributed by atoms with van der Waals surface area (Å²) in [6.45, 7) is 3.51. The van der Waals surface area contributed by atoms with Gasteiger partial charge in [-0.1, -0.05) is 15.9 Å². The fourth-order valence-electron chi connectivity index (χ4n) is 0.962. The molecule has 1 rings (SSSR count). The molecular formula is C11H12BrNOS. The first-order valence-electron chi connectivity index (χ1n) is 4.47. The zero-order chi connectivity index (χ0) is 11.5. The van der Waals surface area contributed by atoms with Crippen molar-refractivity contribution in [3.8, 4) is 6.07 Å². The first kappa shape index (κ1) is 12.6. The fourth-order valence-corrected chi connectivity index (χ4v) is 2.46. The number of nitriles is 1. The Morgan fingerprint density at radius 1 is 1.53 bits per heavy atom. The third-order valence-corrected chi connectivity index (χ3v) is 3.64. The number of thioether (sulfide) groups is 1. The first-order valence-corrected chi connectivity index (χ1v) is 6.25. The van der Waals surface area contributed by atoms with Crippen molar-refractivity contribution in [2.45, 2.75) is 24.3 Å². The summed E-state index contributed by atoms with van der Waals surface area (Å²) in [4.78, 5) is 0.897. The van der Waals surface area contributed by atoms with Crippen LogP contribution in [0.5, 0.6) is 0 Å². The van der Waals surface area contributed by atoms with Crippen molar-refractivity contribution in [2.75, 3.05) is 5.75 Å². The van der Waals surface area contributed by atoms with Gasteiger partial charge in [0.2, 0.25) is 0 Å². The average Bonchev–Trinajstić information content (AvgIpc) is 2.14. The van der Waals surface area contributed by atoms with E-state index in [0.717, 1.165) is 9.37 Å². The zero-order valence-corrected chi connectivity index (χ0v) is 11.0. The van der Waals surface area contributed by atoms with Crippen molar-refractivity contribution in [1.82, 2.24) is 0 Å². The monoisotopic (exact) mass is 285 g/mol. The van der Waals surface area contributed by atoms with Gasteiger partial charge in [-0.05, 0) is 32.0 Å². The summed E-state index contributed by atoms with van der Waals surface area (Å²) in [5.74, 6) is 0.568. The second-order valence-electron chi connectivity index (χ2n) is 3.85. The first-order chi connectivity index (χ1) is 6.92. The van der Waals surface area contributed by atoms with Crippen molar-refractivity contribution in [3.63, 3.8) is 0 Å². The molecule has 0 bridgehead atoms. The maximum absolute atomic E-state index is 9.60. The highest BCUT2D eigenvalue weighted by Gasteiger charge is 2.14. The summed E-state index contributed by atoms with van der Waals surface area (Å²) in [6, 6.07) is 7.65. The summed E-state index contributed by atoms with van der Waals surface area (Å²) in [5, 5.41) is 18.5. The molecule has 0 atom stereocenters. The van der Waals surface area contributed by atoms with Crippen LogP contribution >= 0.6 is 27.7 Å². The van der Waals surface area contributed by atoms with Gasteiger partial charge in [0.1, 0.15) is 6.07 Å². The van der Waals surface area contributed by atoms with Gasteiger partial charge in [0.15, 0.2) is 0 Å². The van der Waals surface area contributed by atoms with Gasteiger partial charge in [-0.2, -0.15) is 5.26 Å². The number of aliphatic hydroxyl groups is 1. The Morgan fingerprint density at radius 3 is 2.73 bits per heavy atom. The van der Waals surface area contributed by atoms with E-state index in [-0.39, 0.29) is 0 Å². The summed E-state index contributed by atoms with van der Waals surface area (Å²) in [7, 11) is 0. The molecule has 0 heterocycles. The quantitative estimate of drug-likeness (QED) is 0.868. The molecule has 0 radical (unpaired) electrons. The minimum Gasteiger partial charge on any atom is -0.390 e. The Kier molecular flexibility index (Phi) is 4.21. The average molecular weight is 286 g/mol. The molecule has 2 nitrogen and oxygen atoms in total. The van der Waals surface area contributed by atoms with Crippen LogP contribution in [0.25, 0.3) is 0 Å². The summed E-state index contributed by atoms with van der Waals surface area (Å²) >= 11 is 4.85. The highest BCUT2D eigenvalue weighted by atomic mass is 79.9. The lowest BCUT2D eigenvalue weighted by Crippen LogP contribution is -2.21. The van der Waals surface area contributed by atoms with Crippen LogP contribution < -0.4 is 0 Å². The van der Waals surface area contributed by atoms with Crippen LogP contribution in [0.3, 0.4) is 0 Å². The number of halogens is 1. The topological polar surface area (TPSA) is 44.0 Å². The van der Waals surface area contributed by atoms with E-state index in [9.17, 15) is 5.11 Å². The van der Waals surface area contributed by atoms with Gasteiger partial charge >= 0.3 is 0 Å². The molecule has 0 fully saturated rings. The molecule has 0 spiro atoms. The van der Waals surface area contributed by atoms with Crippen LogP contribution in [0.4, 0.5) is 0 Å². The lowest BCUT2D eigenvalue weighted by molar-refractivity contribution is 0.107. The molecule has 0 saturated carbocycles. The molecule has 0 aromatic heterocycles. The molecule has 4 heteroatoms. The SMILES string of the molecule is CC(C)(O)CSc1cc(Br)ccc1C#N. The molecule has 80 valence electrons. The van der Waals surface area contributed by atoms with Gasteiger partial charge in [0, 0.05) is 15.1 Å². The number of rotatable bonds is 3. The van der Waals surface area contributed by atoms with Gasteiger partial charge in [0.25, 0.3) is 0 Å². The maximum atomic E-state index is 9.60. The minimum atomic E-state index is -0.723. The van der Waals surface area contributed by atoms with E-state index in [1.807, 2.05) is 12.1 Å². The molecule has 0 aliphatic rings. The molecule has 0 unspecified atom stereocenters. The number of hydrogen-bond acceptors (Lipinski definition) is 3. The maximum Gasteiger partial charge on any atom is 0.100 e. The third-order valence-electron chi connectivity index (χ3n) is 1.65. The molecule has 0 aliphatic heterocycles. The molecule has 1 N–H and O–H groups in total. The molecule has 0 aliphatic carbocycles. The predicted octanol–water partition coefficient (Wildman–Crippen LogP) is 3.18.